The number of rotatable bonds is 5. The molecule has 1 N–H and O–H groups in total. The van der Waals surface area contributed by atoms with E-state index in [-0.39, 0.29) is 0 Å². The van der Waals surface area contributed by atoms with Gasteiger partial charge in [0.25, 0.3) is 0 Å². The van der Waals surface area contributed by atoms with Gasteiger partial charge in [0.1, 0.15) is 17.5 Å². The molecular weight excluding hydrogens is 326 g/mol. The molecule has 1 atom stereocenters. The predicted octanol–water partition coefficient (Wildman–Crippen LogP) is 3.68. The maximum atomic E-state index is 10.2. The Morgan fingerprint density at radius 2 is 2.05 bits per heavy atom. The van der Waals surface area contributed by atoms with Crippen LogP contribution in [0.5, 0.6) is 5.75 Å². The summed E-state index contributed by atoms with van der Waals surface area (Å²) >= 11 is 4.98. The fourth-order valence-corrected chi connectivity index (χ4v) is 2.71. The third-order valence-electron chi connectivity index (χ3n) is 2.56. The van der Waals surface area contributed by atoms with E-state index in [0.29, 0.717) is 17.2 Å². The van der Waals surface area contributed by atoms with Crippen molar-refractivity contribution in [2.75, 3.05) is 12.9 Å². The molecule has 100 valence electrons. The molecule has 2 rings (SSSR count). The lowest BCUT2D eigenvalue weighted by Crippen LogP contribution is -2.05. The number of halogens is 1. The van der Waals surface area contributed by atoms with Crippen molar-refractivity contribution in [2.24, 2.45) is 0 Å². The van der Waals surface area contributed by atoms with Crippen LogP contribution in [0.3, 0.4) is 0 Å². The van der Waals surface area contributed by atoms with Crippen LogP contribution >= 0.6 is 27.7 Å². The summed E-state index contributed by atoms with van der Waals surface area (Å²) < 4.78 is 6.24. The molecule has 0 radical (unpaired) electrons. The summed E-state index contributed by atoms with van der Waals surface area (Å²) in [4.78, 5) is 5.29. The second-order valence-electron chi connectivity index (χ2n) is 3.87. The molecule has 0 spiro atoms. The van der Waals surface area contributed by atoms with E-state index in [4.69, 9.17) is 4.74 Å². The first kappa shape index (κ1) is 14.4. The van der Waals surface area contributed by atoms with Gasteiger partial charge in [-0.1, -0.05) is 15.9 Å². The Kier molecular flexibility index (Phi) is 5.24. The minimum atomic E-state index is -0.648. The Morgan fingerprint density at radius 3 is 2.74 bits per heavy atom. The molecule has 1 aromatic carbocycles. The number of aliphatic hydroxyl groups is 1. The third-order valence-corrected chi connectivity index (χ3v) is 4.17. The first-order chi connectivity index (χ1) is 9.20. The van der Waals surface area contributed by atoms with Crippen LogP contribution in [-0.2, 0) is 0 Å². The molecule has 0 bridgehead atoms. The van der Waals surface area contributed by atoms with Gasteiger partial charge in [-0.2, -0.15) is 0 Å². The Labute approximate surface area is 125 Å². The zero-order chi connectivity index (χ0) is 13.7. The number of thioether (sulfide) groups is 1. The van der Waals surface area contributed by atoms with Crippen molar-refractivity contribution in [1.82, 2.24) is 4.98 Å². The van der Waals surface area contributed by atoms with Crippen LogP contribution in [0.2, 0.25) is 0 Å². The van der Waals surface area contributed by atoms with Gasteiger partial charge in [0.2, 0.25) is 0 Å². The number of pyridine rings is 1. The second kappa shape index (κ2) is 6.93. The van der Waals surface area contributed by atoms with E-state index in [1.807, 2.05) is 24.3 Å². The van der Waals surface area contributed by atoms with Crippen LogP contribution in [0.1, 0.15) is 11.8 Å². The quantitative estimate of drug-likeness (QED) is 0.844. The first-order valence-electron chi connectivity index (χ1n) is 5.76. The summed E-state index contributed by atoms with van der Waals surface area (Å²) in [6, 6.07) is 11.6. The summed E-state index contributed by atoms with van der Waals surface area (Å²) in [5.74, 6) is 1.15. The Hall–Kier alpha value is -1.04. The number of benzene rings is 1. The smallest absolute Gasteiger partial charge is 0.143 e. The summed E-state index contributed by atoms with van der Waals surface area (Å²) in [7, 11) is 1.58. The average Bonchev–Trinajstić information content (AvgIpc) is 2.46. The van der Waals surface area contributed by atoms with Gasteiger partial charge in [-0.15, -0.1) is 11.8 Å². The monoisotopic (exact) mass is 339 g/mol. The maximum Gasteiger partial charge on any atom is 0.143 e. The highest BCUT2D eigenvalue weighted by atomic mass is 79.9. The van der Waals surface area contributed by atoms with Gasteiger partial charge in [0.05, 0.1) is 7.11 Å². The van der Waals surface area contributed by atoms with Gasteiger partial charge < -0.3 is 9.84 Å². The number of nitrogens with zero attached hydrogens (tertiary/aromatic N) is 1. The SMILES string of the molecule is COc1cccnc1C(O)CSc1ccc(Br)cc1. The normalized spacial score (nSPS) is 12.2. The van der Waals surface area contributed by atoms with E-state index in [0.717, 1.165) is 9.37 Å². The van der Waals surface area contributed by atoms with Crippen LogP contribution in [0.15, 0.2) is 52.0 Å². The molecule has 1 unspecified atom stereocenters. The molecule has 3 nitrogen and oxygen atoms in total. The minimum absolute atomic E-state index is 0.537. The van der Waals surface area contributed by atoms with Crippen LogP contribution in [0.4, 0.5) is 0 Å². The van der Waals surface area contributed by atoms with Crippen LogP contribution in [-0.4, -0.2) is 23.0 Å². The highest BCUT2D eigenvalue weighted by molar-refractivity contribution is 9.10. The van der Waals surface area contributed by atoms with Crippen molar-refractivity contribution in [3.63, 3.8) is 0 Å². The summed E-state index contributed by atoms with van der Waals surface area (Å²) in [6.07, 6.45) is 1.01. The molecule has 0 amide bonds. The Bertz CT molecular complexity index is 533. The largest absolute Gasteiger partial charge is 0.495 e. The van der Waals surface area contributed by atoms with Crippen LogP contribution < -0.4 is 4.74 Å². The van der Waals surface area contributed by atoms with Gasteiger partial charge >= 0.3 is 0 Å². The molecule has 0 fully saturated rings. The molecule has 0 aliphatic carbocycles. The third kappa shape index (κ3) is 3.96. The first-order valence-corrected chi connectivity index (χ1v) is 7.54. The van der Waals surface area contributed by atoms with E-state index in [9.17, 15) is 5.11 Å². The van der Waals surface area contributed by atoms with Crippen LogP contribution in [0, 0.1) is 0 Å². The lowest BCUT2D eigenvalue weighted by molar-refractivity contribution is 0.193. The van der Waals surface area contributed by atoms with Gasteiger partial charge in [-0.3, -0.25) is 4.98 Å². The van der Waals surface area contributed by atoms with Gasteiger partial charge in [0, 0.05) is 21.3 Å². The highest BCUT2D eigenvalue weighted by Crippen LogP contribution is 2.28. The Balaban J connectivity index is 2.01. The predicted molar refractivity (Wildman–Crippen MR) is 80.6 cm³/mol. The lowest BCUT2D eigenvalue weighted by Gasteiger charge is -2.13. The molecule has 19 heavy (non-hydrogen) atoms. The van der Waals surface area contributed by atoms with E-state index in [2.05, 4.69) is 20.9 Å². The average molecular weight is 340 g/mol. The van der Waals surface area contributed by atoms with Crippen molar-refractivity contribution >= 4 is 27.7 Å². The Morgan fingerprint density at radius 1 is 1.32 bits per heavy atom. The molecule has 5 heteroatoms. The topological polar surface area (TPSA) is 42.4 Å². The zero-order valence-corrected chi connectivity index (χ0v) is 12.8. The number of ether oxygens (including phenoxy) is 1. The van der Waals surface area contributed by atoms with Crippen molar-refractivity contribution in [2.45, 2.75) is 11.0 Å². The van der Waals surface area contributed by atoms with E-state index < -0.39 is 6.10 Å². The molecule has 0 aliphatic rings. The summed E-state index contributed by atoms with van der Waals surface area (Å²) in [5, 5.41) is 10.2. The molecule has 1 heterocycles. The molecule has 2 aromatic rings. The molecule has 0 saturated heterocycles. The zero-order valence-electron chi connectivity index (χ0n) is 10.4. The number of hydrogen-bond acceptors (Lipinski definition) is 4. The number of aliphatic hydroxyl groups excluding tert-OH is 1. The number of hydrogen-bond donors (Lipinski definition) is 1. The van der Waals surface area contributed by atoms with E-state index in [1.165, 1.54) is 0 Å². The van der Waals surface area contributed by atoms with Crippen molar-refractivity contribution < 1.29 is 9.84 Å². The molecule has 1 aromatic heterocycles. The number of aromatic nitrogens is 1. The second-order valence-corrected chi connectivity index (χ2v) is 5.88. The van der Waals surface area contributed by atoms with Crippen LogP contribution in [0.25, 0.3) is 0 Å². The van der Waals surface area contributed by atoms with Gasteiger partial charge in [-0.25, -0.2) is 0 Å². The number of methoxy groups -OCH3 is 1. The highest BCUT2D eigenvalue weighted by Gasteiger charge is 2.14. The fourth-order valence-electron chi connectivity index (χ4n) is 1.61. The van der Waals surface area contributed by atoms with E-state index in [1.54, 1.807) is 37.2 Å². The summed E-state index contributed by atoms with van der Waals surface area (Å²) in [6.45, 7) is 0. The van der Waals surface area contributed by atoms with E-state index >= 15 is 0 Å². The summed E-state index contributed by atoms with van der Waals surface area (Å²) in [5.41, 5.74) is 0.578. The van der Waals surface area contributed by atoms with Gasteiger partial charge in [0.15, 0.2) is 0 Å². The maximum absolute atomic E-state index is 10.2. The molecule has 0 aliphatic heterocycles. The van der Waals surface area contributed by atoms with Crippen molar-refractivity contribution in [1.29, 1.82) is 0 Å². The minimum Gasteiger partial charge on any atom is -0.495 e. The van der Waals surface area contributed by atoms with Crippen molar-refractivity contribution in [3.8, 4) is 5.75 Å². The molecule has 0 saturated carbocycles. The fraction of sp³-hybridized carbons (Fsp3) is 0.214. The molecular formula is C14H14BrNO2S. The lowest BCUT2D eigenvalue weighted by atomic mass is 10.2. The standard InChI is InChI=1S/C14H14BrNO2S/c1-18-13-3-2-8-16-14(13)12(17)9-19-11-6-4-10(15)5-7-11/h2-8,12,17H,9H2,1H3. The van der Waals surface area contributed by atoms with Gasteiger partial charge in [-0.05, 0) is 36.4 Å². The van der Waals surface area contributed by atoms with Crippen molar-refractivity contribution in [3.05, 3.63) is 52.8 Å².